The van der Waals surface area contributed by atoms with E-state index in [1.165, 1.54) is 43.0 Å². The van der Waals surface area contributed by atoms with Crippen LogP contribution in [0, 0.1) is 5.92 Å². The zero-order valence-electron chi connectivity index (χ0n) is 19.7. The Balaban J connectivity index is 1.63. The topological polar surface area (TPSA) is 116 Å². The molecule has 4 rings (SSSR count). The average molecular weight is 574 g/mol. The Morgan fingerprint density at radius 1 is 1.06 bits per heavy atom. The minimum absolute atomic E-state index is 0.174. The molecular weight excluding hydrogens is 550 g/mol. The normalized spacial score (nSPS) is 15.8. The van der Waals surface area contributed by atoms with Gasteiger partial charge in [-0.3, -0.25) is 9.59 Å². The lowest BCUT2D eigenvalue weighted by atomic mass is 9.98. The first kappa shape index (κ1) is 26.6. The lowest BCUT2D eigenvalue weighted by molar-refractivity contribution is -0.141. The van der Waals surface area contributed by atoms with Gasteiger partial charge in [0.05, 0.1) is 25.7 Å². The van der Waals surface area contributed by atoms with Crippen LogP contribution in [0.1, 0.15) is 12.8 Å². The smallest absolute Gasteiger partial charge is 0.325 e. The lowest BCUT2D eigenvalue weighted by Crippen LogP contribution is -2.40. The second-order valence-electron chi connectivity index (χ2n) is 7.88. The highest BCUT2D eigenvalue weighted by Gasteiger charge is 2.33. The van der Waals surface area contributed by atoms with Gasteiger partial charge in [-0.2, -0.15) is 9.30 Å². The maximum atomic E-state index is 13.2. The molecule has 0 bridgehead atoms. The molecule has 0 radical (unpaired) electrons. The van der Waals surface area contributed by atoms with E-state index in [0.29, 0.717) is 43.7 Å². The number of nitrogens with zero attached hydrogens (tertiary/aromatic N) is 3. The number of thiophene rings is 1. The van der Waals surface area contributed by atoms with Gasteiger partial charge in [0.2, 0.25) is 0 Å². The van der Waals surface area contributed by atoms with Crippen LogP contribution in [-0.4, -0.2) is 63.6 Å². The summed E-state index contributed by atoms with van der Waals surface area (Å²) in [4.78, 5) is 30.0. The summed E-state index contributed by atoms with van der Waals surface area (Å²) in [5.41, 5.74) is 0.564. The first-order valence-corrected chi connectivity index (χ1v) is 14.3. The Bertz CT molecular complexity index is 1470. The fourth-order valence-corrected chi connectivity index (χ4v) is 8.22. The van der Waals surface area contributed by atoms with Crippen molar-refractivity contribution in [1.82, 2.24) is 8.87 Å². The molecule has 0 aliphatic carbocycles. The molecule has 2 aromatic heterocycles. The molecule has 0 unspecified atom stereocenters. The van der Waals surface area contributed by atoms with Gasteiger partial charge < -0.3 is 18.8 Å². The van der Waals surface area contributed by atoms with E-state index >= 15 is 0 Å². The van der Waals surface area contributed by atoms with E-state index in [9.17, 15) is 18.0 Å². The number of halogens is 1. The van der Waals surface area contributed by atoms with E-state index in [0.717, 1.165) is 11.3 Å². The zero-order chi connectivity index (χ0) is 26.0. The van der Waals surface area contributed by atoms with Gasteiger partial charge in [0.25, 0.3) is 15.9 Å². The maximum Gasteiger partial charge on any atom is 0.325 e. The highest BCUT2D eigenvalue weighted by Crippen LogP contribution is 2.35. The number of thiazole rings is 1. The molecule has 3 aromatic rings. The SMILES string of the molecule is COC(=O)Cn1c(=NC(=O)C2CCN(S(=O)(=O)c3ccc(Cl)s3)CC2)sc2c(OC)ccc(OC)c21. The van der Waals surface area contributed by atoms with Crippen molar-refractivity contribution in [2.45, 2.75) is 23.6 Å². The number of carbonyl (C=O) groups is 2. The summed E-state index contributed by atoms with van der Waals surface area (Å²) in [5, 5.41) is 0. The van der Waals surface area contributed by atoms with Crippen LogP contribution in [0.2, 0.25) is 4.34 Å². The quantitative estimate of drug-likeness (QED) is 0.399. The average Bonchev–Trinajstić information content (AvgIpc) is 3.47. The first-order valence-electron chi connectivity index (χ1n) is 10.8. The van der Waals surface area contributed by atoms with E-state index in [4.69, 9.17) is 25.8 Å². The Morgan fingerprint density at radius 3 is 2.31 bits per heavy atom. The fraction of sp³-hybridized carbons (Fsp3) is 0.409. The standard InChI is InChI=1S/C22H24ClN3O7S3/c1-31-14-4-5-15(32-2)20-19(14)26(12-17(27)33-3)22(35-20)24-21(28)13-8-10-25(11-9-13)36(29,30)18-7-6-16(23)34-18/h4-7,13H,8-12H2,1-3H3. The molecule has 194 valence electrons. The van der Waals surface area contributed by atoms with Crippen molar-refractivity contribution in [2.75, 3.05) is 34.4 Å². The Labute approximate surface area is 220 Å². The molecule has 1 aliphatic rings. The summed E-state index contributed by atoms with van der Waals surface area (Å²) in [5.74, 6) is -0.304. The number of amides is 1. The van der Waals surface area contributed by atoms with E-state index < -0.39 is 21.9 Å². The molecule has 14 heteroatoms. The number of hydrogen-bond donors (Lipinski definition) is 0. The summed E-state index contributed by atoms with van der Waals surface area (Å²) >= 11 is 8.10. The molecule has 0 atom stereocenters. The number of sulfonamides is 1. The van der Waals surface area contributed by atoms with Gasteiger partial charge >= 0.3 is 5.97 Å². The van der Waals surface area contributed by atoms with Gasteiger partial charge in [-0.05, 0) is 37.1 Å². The number of benzene rings is 1. The number of fused-ring (bicyclic) bond motifs is 1. The first-order chi connectivity index (χ1) is 17.2. The molecule has 10 nitrogen and oxygen atoms in total. The molecule has 1 aromatic carbocycles. The molecule has 3 heterocycles. The Morgan fingerprint density at radius 2 is 1.72 bits per heavy atom. The molecule has 1 fully saturated rings. The molecular formula is C22H24ClN3O7S3. The summed E-state index contributed by atoms with van der Waals surface area (Å²) in [6.45, 7) is 0.214. The highest BCUT2D eigenvalue weighted by atomic mass is 35.5. The van der Waals surface area contributed by atoms with E-state index in [-0.39, 0.29) is 29.8 Å². The monoisotopic (exact) mass is 573 g/mol. The number of hydrogen-bond acceptors (Lipinski definition) is 9. The van der Waals surface area contributed by atoms with Gasteiger partial charge in [-0.1, -0.05) is 22.9 Å². The van der Waals surface area contributed by atoms with Crippen molar-refractivity contribution in [3.63, 3.8) is 0 Å². The molecule has 1 amide bonds. The third-order valence-corrected chi connectivity index (χ3v) is 10.5. The molecule has 0 saturated carbocycles. The summed E-state index contributed by atoms with van der Waals surface area (Å²) < 4.78 is 45.7. The Hall–Kier alpha value is -2.45. The van der Waals surface area contributed by atoms with Gasteiger partial charge in [-0.25, -0.2) is 8.42 Å². The van der Waals surface area contributed by atoms with E-state index in [1.54, 1.807) is 22.8 Å². The predicted molar refractivity (Wildman–Crippen MR) is 136 cm³/mol. The van der Waals surface area contributed by atoms with E-state index in [2.05, 4.69) is 4.99 Å². The van der Waals surface area contributed by atoms with Crippen molar-refractivity contribution in [3.05, 3.63) is 33.4 Å². The molecule has 36 heavy (non-hydrogen) atoms. The van der Waals surface area contributed by atoms with Crippen molar-refractivity contribution in [2.24, 2.45) is 10.9 Å². The highest BCUT2D eigenvalue weighted by molar-refractivity contribution is 7.91. The largest absolute Gasteiger partial charge is 0.495 e. The minimum Gasteiger partial charge on any atom is -0.495 e. The van der Waals surface area contributed by atoms with Crippen LogP contribution in [0.15, 0.2) is 33.5 Å². The van der Waals surface area contributed by atoms with Crippen molar-refractivity contribution >= 4 is 66.4 Å². The summed E-state index contributed by atoms with van der Waals surface area (Å²) in [6, 6.07) is 6.48. The van der Waals surface area contributed by atoms with Gasteiger partial charge in [0, 0.05) is 19.0 Å². The van der Waals surface area contributed by atoms with Gasteiger partial charge in [-0.15, -0.1) is 11.3 Å². The number of piperidine rings is 1. The third kappa shape index (κ3) is 5.16. The predicted octanol–water partition coefficient (Wildman–Crippen LogP) is 3.14. The minimum atomic E-state index is -3.66. The number of rotatable bonds is 7. The van der Waals surface area contributed by atoms with Crippen LogP contribution in [-0.2, 0) is 30.9 Å². The molecule has 1 aliphatic heterocycles. The zero-order valence-corrected chi connectivity index (χ0v) is 22.9. The summed E-state index contributed by atoms with van der Waals surface area (Å²) in [7, 11) is 0.657. The molecule has 1 saturated heterocycles. The third-order valence-electron chi connectivity index (χ3n) is 5.86. The van der Waals surface area contributed by atoms with Gasteiger partial charge in [0.1, 0.15) is 32.5 Å². The summed E-state index contributed by atoms with van der Waals surface area (Å²) in [6.07, 6.45) is 0.657. The number of carbonyl (C=O) groups excluding carboxylic acids is 2. The fourth-order valence-electron chi connectivity index (χ4n) is 3.97. The van der Waals surface area contributed by atoms with Crippen LogP contribution in [0.25, 0.3) is 10.2 Å². The van der Waals surface area contributed by atoms with Crippen LogP contribution in [0.3, 0.4) is 0 Å². The second-order valence-corrected chi connectivity index (χ2v) is 12.7. The van der Waals surface area contributed by atoms with Crippen molar-refractivity contribution in [3.8, 4) is 11.5 Å². The maximum absolute atomic E-state index is 13.2. The second kappa shape index (κ2) is 10.9. The van der Waals surface area contributed by atoms with Crippen LogP contribution >= 0.6 is 34.3 Å². The number of esters is 1. The van der Waals surface area contributed by atoms with Crippen LogP contribution in [0.4, 0.5) is 0 Å². The number of ether oxygens (including phenoxy) is 3. The Kier molecular flexibility index (Phi) is 8.05. The van der Waals surface area contributed by atoms with E-state index in [1.807, 2.05) is 0 Å². The lowest BCUT2D eigenvalue weighted by Gasteiger charge is -2.29. The van der Waals surface area contributed by atoms with Crippen molar-refractivity contribution < 1.29 is 32.2 Å². The van der Waals surface area contributed by atoms with Crippen LogP contribution in [0.5, 0.6) is 11.5 Å². The molecule has 0 N–H and O–H groups in total. The number of aromatic nitrogens is 1. The van der Waals surface area contributed by atoms with Gasteiger partial charge in [0.15, 0.2) is 4.80 Å². The van der Waals surface area contributed by atoms with Crippen LogP contribution < -0.4 is 14.3 Å². The van der Waals surface area contributed by atoms with Crippen molar-refractivity contribution in [1.29, 1.82) is 0 Å². The number of methoxy groups -OCH3 is 3. The molecule has 0 spiro atoms.